The second-order valence-electron chi connectivity index (χ2n) is 7.20. The molecule has 1 N–H and O–H groups in total. The zero-order chi connectivity index (χ0) is 13.3. The Labute approximate surface area is 111 Å². The normalized spacial score (nSPS) is 36.7. The SMILES string of the molecule is CC1CC(C)(C)CCC1N1CCC(CC(=O)O)C1. The molecule has 0 radical (unpaired) electrons. The lowest BCUT2D eigenvalue weighted by Crippen LogP contribution is -2.43. The highest BCUT2D eigenvalue weighted by molar-refractivity contribution is 5.67. The van der Waals surface area contributed by atoms with Crippen LogP contribution in [0, 0.1) is 17.3 Å². The third-order valence-corrected chi connectivity index (χ3v) is 4.90. The van der Waals surface area contributed by atoms with Crippen molar-refractivity contribution in [3.63, 3.8) is 0 Å². The Bertz CT molecular complexity index is 314. The van der Waals surface area contributed by atoms with Crippen LogP contribution >= 0.6 is 0 Å². The molecule has 1 aliphatic heterocycles. The molecule has 1 heterocycles. The van der Waals surface area contributed by atoms with Gasteiger partial charge in [0.25, 0.3) is 0 Å². The van der Waals surface area contributed by atoms with Crippen molar-refractivity contribution in [3.8, 4) is 0 Å². The van der Waals surface area contributed by atoms with Crippen LogP contribution < -0.4 is 0 Å². The standard InChI is InChI=1S/C15H27NO2/c1-11-9-15(2,3)6-4-13(11)16-7-5-12(10-16)8-14(17)18/h11-13H,4-10H2,1-3H3,(H,17,18). The fourth-order valence-electron chi connectivity index (χ4n) is 4.05. The molecule has 2 rings (SSSR count). The maximum absolute atomic E-state index is 10.8. The van der Waals surface area contributed by atoms with E-state index in [4.69, 9.17) is 5.11 Å². The highest BCUT2D eigenvalue weighted by atomic mass is 16.4. The molecule has 0 amide bonds. The number of likely N-dealkylation sites (tertiary alicyclic amines) is 1. The maximum atomic E-state index is 10.8. The zero-order valence-corrected chi connectivity index (χ0v) is 12.0. The highest BCUT2D eigenvalue weighted by Gasteiger charge is 2.38. The van der Waals surface area contributed by atoms with E-state index in [9.17, 15) is 4.79 Å². The quantitative estimate of drug-likeness (QED) is 0.840. The average Bonchev–Trinajstić information content (AvgIpc) is 2.63. The largest absolute Gasteiger partial charge is 0.481 e. The van der Waals surface area contributed by atoms with Gasteiger partial charge in [-0.15, -0.1) is 0 Å². The molecule has 2 fully saturated rings. The highest BCUT2D eigenvalue weighted by Crippen LogP contribution is 2.41. The first kappa shape index (κ1) is 13.9. The van der Waals surface area contributed by atoms with Gasteiger partial charge in [0.05, 0.1) is 0 Å². The van der Waals surface area contributed by atoms with Gasteiger partial charge in [0.1, 0.15) is 0 Å². The maximum Gasteiger partial charge on any atom is 0.303 e. The minimum absolute atomic E-state index is 0.350. The van der Waals surface area contributed by atoms with E-state index in [1.807, 2.05) is 0 Å². The van der Waals surface area contributed by atoms with E-state index in [0.29, 0.717) is 23.8 Å². The van der Waals surface area contributed by atoms with Crippen LogP contribution in [0.1, 0.15) is 52.9 Å². The van der Waals surface area contributed by atoms with Gasteiger partial charge in [-0.1, -0.05) is 20.8 Å². The van der Waals surface area contributed by atoms with Crippen molar-refractivity contribution >= 4 is 5.97 Å². The van der Waals surface area contributed by atoms with Gasteiger partial charge in [-0.3, -0.25) is 9.69 Å². The third-order valence-electron chi connectivity index (χ3n) is 4.90. The predicted octanol–water partition coefficient (Wildman–Crippen LogP) is 3.00. The number of rotatable bonds is 3. The lowest BCUT2D eigenvalue weighted by Gasteiger charge is -2.43. The molecule has 3 heteroatoms. The summed E-state index contributed by atoms with van der Waals surface area (Å²) in [7, 11) is 0. The molecule has 2 aliphatic rings. The predicted molar refractivity (Wildman–Crippen MR) is 72.5 cm³/mol. The number of hydrogen-bond acceptors (Lipinski definition) is 2. The van der Waals surface area contributed by atoms with Crippen LogP contribution in [-0.4, -0.2) is 35.1 Å². The second kappa shape index (κ2) is 5.20. The van der Waals surface area contributed by atoms with E-state index >= 15 is 0 Å². The number of carbonyl (C=O) groups is 1. The Kier molecular flexibility index (Phi) is 4.00. The smallest absolute Gasteiger partial charge is 0.303 e. The summed E-state index contributed by atoms with van der Waals surface area (Å²) < 4.78 is 0. The molecule has 3 nitrogen and oxygen atoms in total. The Morgan fingerprint density at radius 3 is 2.72 bits per heavy atom. The van der Waals surface area contributed by atoms with E-state index in [1.54, 1.807) is 0 Å². The van der Waals surface area contributed by atoms with Gasteiger partial charge in [-0.2, -0.15) is 0 Å². The Morgan fingerprint density at radius 2 is 2.11 bits per heavy atom. The number of hydrogen-bond donors (Lipinski definition) is 1. The molecule has 3 unspecified atom stereocenters. The summed E-state index contributed by atoms with van der Waals surface area (Å²) >= 11 is 0. The minimum Gasteiger partial charge on any atom is -0.481 e. The van der Waals surface area contributed by atoms with Crippen molar-refractivity contribution in [2.45, 2.75) is 58.9 Å². The summed E-state index contributed by atoms with van der Waals surface area (Å²) in [4.78, 5) is 13.3. The summed E-state index contributed by atoms with van der Waals surface area (Å²) in [5.41, 5.74) is 0.496. The van der Waals surface area contributed by atoms with Crippen LogP contribution in [0.15, 0.2) is 0 Å². The topological polar surface area (TPSA) is 40.5 Å². The fourth-order valence-corrected chi connectivity index (χ4v) is 4.05. The molecular formula is C15H27NO2. The van der Waals surface area contributed by atoms with Gasteiger partial charge in [0.15, 0.2) is 0 Å². The van der Waals surface area contributed by atoms with Crippen molar-refractivity contribution in [3.05, 3.63) is 0 Å². The molecule has 1 saturated carbocycles. The Balaban J connectivity index is 1.88. The average molecular weight is 253 g/mol. The molecule has 0 aromatic heterocycles. The summed E-state index contributed by atoms with van der Waals surface area (Å²) in [5, 5.41) is 8.87. The number of carboxylic acids is 1. The van der Waals surface area contributed by atoms with Gasteiger partial charge < -0.3 is 5.11 Å². The van der Waals surface area contributed by atoms with Crippen molar-refractivity contribution in [2.24, 2.45) is 17.3 Å². The first-order valence-corrected chi connectivity index (χ1v) is 7.33. The minimum atomic E-state index is -0.639. The molecule has 0 aromatic carbocycles. The van der Waals surface area contributed by atoms with E-state index in [2.05, 4.69) is 25.7 Å². The van der Waals surface area contributed by atoms with Gasteiger partial charge >= 0.3 is 5.97 Å². The van der Waals surface area contributed by atoms with Crippen molar-refractivity contribution in [1.82, 2.24) is 4.90 Å². The molecular weight excluding hydrogens is 226 g/mol. The van der Waals surface area contributed by atoms with Crippen molar-refractivity contribution in [2.75, 3.05) is 13.1 Å². The van der Waals surface area contributed by atoms with Gasteiger partial charge in [-0.25, -0.2) is 0 Å². The molecule has 0 spiro atoms. The molecule has 1 saturated heterocycles. The van der Waals surface area contributed by atoms with E-state index in [1.165, 1.54) is 19.3 Å². The summed E-state index contributed by atoms with van der Waals surface area (Å²) in [6.45, 7) is 9.22. The van der Waals surface area contributed by atoms with Crippen LogP contribution in [0.2, 0.25) is 0 Å². The van der Waals surface area contributed by atoms with Crippen molar-refractivity contribution < 1.29 is 9.90 Å². The molecule has 3 atom stereocenters. The van der Waals surface area contributed by atoms with Crippen molar-refractivity contribution in [1.29, 1.82) is 0 Å². The summed E-state index contributed by atoms with van der Waals surface area (Å²) in [6, 6.07) is 0.691. The van der Waals surface area contributed by atoms with E-state index in [-0.39, 0.29) is 0 Å². The Morgan fingerprint density at radius 1 is 1.39 bits per heavy atom. The monoisotopic (exact) mass is 253 g/mol. The molecule has 104 valence electrons. The fraction of sp³-hybridized carbons (Fsp3) is 0.933. The number of aliphatic carboxylic acids is 1. The van der Waals surface area contributed by atoms with Gasteiger partial charge in [0, 0.05) is 19.0 Å². The molecule has 18 heavy (non-hydrogen) atoms. The lowest BCUT2D eigenvalue weighted by molar-refractivity contribution is -0.138. The Hall–Kier alpha value is -0.570. The lowest BCUT2D eigenvalue weighted by atomic mass is 9.70. The van der Waals surface area contributed by atoms with E-state index < -0.39 is 5.97 Å². The molecule has 0 aromatic rings. The van der Waals surface area contributed by atoms with Crippen LogP contribution in [-0.2, 0) is 4.79 Å². The van der Waals surface area contributed by atoms with Gasteiger partial charge in [-0.05, 0) is 49.5 Å². The van der Waals surface area contributed by atoms with Crippen LogP contribution in [0.25, 0.3) is 0 Å². The molecule has 0 bridgehead atoms. The first-order valence-electron chi connectivity index (χ1n) is 7.33. The van der Waals surface area contributed by atoms with Crippen LogP contribution in [0.4, 0.5) is 0 Å². The third kappa shape index (κ3) is 3.25. The molecule has 1 aliphatic carbocycles. The number of nitrogens with zero attached hydrogens (tertiary/aromatic N) is 1. The summed E-state index contributed by atoms with van der Waals surface area (Å²) in [6.07, 6.45) is 5.32. The summed E-state index contributed by atoms with van der Waals surface area (Å²) in [5.74, 6) is 0.488. The second-order valence-corrected chi connectivity index (χ2v) is 7.20. The number of carboxylic acid groups (broad SMARTS) is 1. The van der Waals surface area contributed by atoms with E-state index in [0.717, 1.165) is 25.4 Å². The zero-order valence-electron chi connectivity index (χ0n) is 12.0. The van der Waals surface area contributed by atoms with Gasteiger partial charge in [0.2, 0.25) is 0 Å². The van der Waals surface area contributed by atoms with Crippen LogP contribution in [0.5, 0.6) is 0 Å². The first-order chi connectivity index (χ1) is 8.37. The van der Waals surface area contributed by atoms with Crippen LogP contribution in [0.3, 0.4) is 0 Å².